The molecule has 0 aliphatic rings. The Kier molecular flexibility index (Phi) is 7.46. The lowest BCUT2D eigenvalue weighted by Gasteiger charge is -2.13. The molecule has 0 unspecified atom stereocenters. The number of hydrogen-bond acceptors (Lipinski definition) is 5. The lowest BCUT2D eigenvalue weighted by Crippen LogP contribution is -2.35. The maximum atomic E-state index is 12.3. The Morgan fingerprint density at radius 3 is 2.61 bits per heavy atom. The van der Waals surface area contributed by atoms with Crippen LogP contribution < -0.4 is 10.6 Å². The molecule has 3 aromatic carbocycles. The number of thioether (sulfide) groups is 1. The third-order valence-electron chi connectivity index (χ3n) is 4.66. The molecule has 0 aliphatic carbocycles. The zero-order valence-electron chi connectivity index (χ0n) is 17.1. The number of fused-ring (bicyclic) bond motifs is 1. The van der Waals surface area contributed by atoms with Crippen LogP contribution in [0.3, 0.4) is 0 Å². The standard InChI is InChI=1S/C23H16Cl3N3O2S2/c1-12-16(22-27-19-10-14(25)9-17(26)21(19)31-22)3-2-4-18(12)28-23(32)29-20(30)11-33-15-7-5-13(24)6-8-15/h2-10H,11H2,1H3,(H2,28,29,30,32). The zero-order valence-corrected chi connectivity index (χ0v) is 21.0. The van der Waals surface area contributed by atoms with Crippen LogP contribution in [-0.2, 0) is 4.79 Å². The van der Waals surface area contributed by atoms with E-state index in [2.05, 4.69) is 15.6 Å². The van der Waals surface area contributed by atoms with E-state index in [1.165, 1.54) is 11.8 Å². The van der Waals surface area contributed by atoms with Gasteiger partial charge in [0, 0.05) is 26.2 Å². The molecule has 0 bridgehead atoms. The Labute approximate surface area is 214 Å². The number of amides is 1. The van der Waals surface area contributed by atoms with Crippen molar-refractivity contribution in [1.29, 1.82) is 0 Å². The fraction of sp³-hybridized carbons (Fsp3) is 0.0870. The summed E-state index contributed by atoms with van der Waals surface area (Å²) in [5.41, 5.74) is 3.36. The molecule has 1 aromatic heterocycles. The van der Waals surface area contributed by atoms with Gasteiger partial charge in [-0.15, -0.1) is 11.8 Å². The summed E-state index contributed by atoms with van der Waals surface area (Å²) >= 11 is 24.9. The quantitative estimate of drug-likeness (QED) is 0.205. The van der Waals surface area contributed by atoms with Crippen LogP contribution in [0.1, 0.15) is 5.56 Å². The van der Waals surface area contributed by atoms with Crippen molar-refractivity contribution < 1.29 is 9.21 Å². The number of thiocarbonyl (C=S) groups is 1. The minimum atomic E-state index is -0.216. The highest BCUT2D eigenvalue weighted by Gasteiger charge is 2.16. The Morgan fingerprint density at radius 1 is 1.09 bits per heavy atom. The molecule has 10 heteroatoms. The largest absolute Gasteiger partial charge is 0.434 e. The highest BCUT2D eigenvalue weighted by Crippen LogP contribution is 2.34. The number of carbonyl (C=O) groups excluding carboxylic acids is 1. The van der Waals surface area contributed by atoms with E-state index in [1.54, 1.807) is 24.3 Å². The van der Waals surface area contributed by atoms with Crippen LogP contribution in [0.2, 0.25) is 15.1 Å². The van der Waals surface area contributed by atoms with Gasteiger partial charge in [-0.05, 0) is 73.2 Å². The number of anilines is 1. The van der Waals surface area contributed by atoms with Gasteiger partial charge >= 0.3 is 0 Å². The summed E-state index contributed by atoms with van der Waals surface area (Å²) in [6.45, 7) is 1.90. The Hall–Kier alpha value is -2.29. The molecule has 168 valence electrons. The van der Waals surface area contributed by atoms with E-state index in [0.717, 1.165) is 21.7 Å². The fourth-order valence-electron chi connectivity index (χ4n) is 3.07. The third kappa shape index (κ3) is 5.80. The van der Waals surface area contributed by atoms with Gasteiger partial charge in [-0.1, -0.05) is 40.9 Å². The lowest BCUT2D eigenvalue weighted by atomic mass is 10.1. The SMILES string of the molecule is Cc1c(NC(=S)NC(=O)CSc2ccc(Cl)cc2)cccc1-c1nc2cc(Cl)cc(Cl)c2o1. The molecule has 0 fully saturated rings. The van der Waals surface area contributed by atoms with Gasteiger partial charge in [-0.3, -0.25) is 4.79 Å². The van der Waals surface area contributed by atoms with E-state index in [1.807, 2.05) is 37.3 Å². The van der Waals surface area contributed by atoms with E-state index < -0.39 is 0 Å². The van der Waals surface area contributed by atoms with Crippen LogP contribution >= 0.6 is 58.8 Å². The molecule has 2 N–H and O–H groups in total. The summed E-state index contributed by atoms with van der Waals surface area (Å²) in [6, 6.07) is 16.2. The average molecular weight is 537 g/mol. The minimum Gasteiger partial charge on any atom is -0.434 e. The van der Waals surface area contributed by atoms with Gasteiger partial charge in [0.2, 0.25) is 11.8 Å². The van der Waals surface area contributed by atoms with E-state index in [0.29, 0.717) is 32.1 Å². The van der Waals surface area contributed by atoms with E-state index in [-0.39, 0.29) is 16.8 Å². The summed E-state index contributed by atoms with van der Waals surface area (Å²) in [7, 11) is 0. The van der Waals surface area contributed by atoms with Gasteiger partial charge in [0.25, 0.3) is 0 Å². The van der Waals surface area contributed by atoms with E-state index in [4.69, 9.17) is 51.4 Å². The first kappa shape index (κ1) is 23.9. The second kappa shape index (κ2) is 10.3. The van der Waals surface area contributed by atoms with Crippen LogP contribution in [0.25, 0.3) is 22.6 Å². The number of hydrogen-bond donors (Lipinski definition) is 2. The van der Waals surface area contributed by atoms with E-state index >= 15 is 0 Å². The molecular weight excluding hydrogens is 521 g/mol. The monoisotopic (exact) mass is 535 g/mol. The molecule has 0 radical (unpaired) electrons. The molecule has 0 saturated carbocycles. The van der Waals surface area contributed by atoms with Crippen molar-refractivity contribution in [3.63, 3.8) is 0 Å². The predicted octanol–water partition coefficient (Wildman–Crippen LogP) is 7.37. The zero-order chi connectivity index (χ0) is 23.5. The van der Waals surface area contributed by atoms with Gasteiger partial charge in [0.05, 0.1) is 10.8 Å². The van der Waals surface area contributed by atoms with E-state index in [9.17, 15) is 4.79 Å². The summed E-state index contributed by atoms with van der Waals surface area (Å²) in [5.74, 6) is 0.408. The van der Waals surface area contributed by atoms with Crippen LogP contribution in [0.15, 0.2) is 63.9 Å². The second-order valence-electron chi connectivity index (χ2n) is 6.98. The molecule has 1 amide bonds. The number of benzene rings is 3. The number of carbonyl (C=O) groups is 1. The number of nitrogens with one attached hydrogen (secondary N) is 2. The molecule has 0 saturated heterocycles. The van der Waals surface area contributed by atoms with Crippen molar-refractivity contribution in [2.75, 3.05) is 11.1 Å². The number of rotatable bonds is 5. The smallest absolute Gasteiger partial charge is 0.236 e. The van der Waals surface area contributed by atoms with Crippen molar-refractivity contribution in [3.8, 4) is 11.5 Å². The van der Waals surface area contributed by atoms with Crippen LogP contribution in [-0.4, -0.2) is 21.8 Å². The number of halogens is 3. The van der Waals surface area contributed by atoms with Crippen LogP contribution in [0.4, 0.5) is 5.69 Å². The molecule has 1 heterocycles. The number of nitrogens with zero attached hydrogens (tertiary/aromatic N) is 1. The highest BCUT2D eigenvalue weighted by atomic mass is 35.5. The van der Waals surface area contributed by atoms with Crippen LogP contribution in [0.5, 0.6) is 0 Å². The first-order valence-corrected chi connectivity index (χ1v) is 12.2. The van der Waals surface area contributed by atoms with Crippen molar-refractivity contribution in [1.82, 2.24) is 10.3 Å². The minimum absolute atomic E-state index is 0.198. The molecular formula is C23H16Cl3N3O2S2. The highest BCUT2D eigenvalue weighted by molar-refractivity contribution is 8.00. The van der Waals surface area contributed by atoms with Gasteiger partial charge in [0.15, 0.2) is 10.7 Å². The predicted molar refractivity (Wildman–Crippen MR) is 141 cm³/mol. The van der Waals surface area contributed by atoms with Crippen molar-refractivity contribution in [3.05, 3.63) is 75.2 Å². The first-order valence-electron chi connectivity index (χ1n) is 9.65. The van der Waals surface area contributed by atoms with Gasteiger partial charge < -0.3 is 15.1 Å². The van der Waals surface area contributed by atoms with Gasteiger partial charge in [0.1, 0.15) is 5.52 Å². The Bertz CT molecular complexity index is 1360. The summed E-state index contributed by atoms with van der Waals surface area (Å²) < 4.78 is 5.88. The second-order valence-corrected chi connectivity index (χ2v) is 9.71. The summed E-state index contributed by atoms with van der Waals surface area (Å²) in [6.07, 6.45) is 0. The van der Waals surface area contributed by atoms with Gasteiger partial charge in [-0.25, -0.2) is 4.98 Å². The number of aromatic nitrogens is 1. The third-order valence-corrected chi connectivity index (χ3v) is 6.63. The number of oxazole rings is 1. The van der Waals surface area contributed by atoms with Gasteiger partial charge in [-0.2, -0.15) is 0 Å². The first-order chi connectivity index (χ1) is 15.8. The maximum Gasteiger partial charge on any atom is 0.236 e. The average Bonchev–Trinajstić information content (AvgIpc) is 3.19. The van der Waals surface area contributed by atoms with Crippen molar-refractivity contribution in [2.24, 2.45) is 0 Å². The normalized spacial score (nSPS) is 10.9. The molecule has 4 rings (SSSR count). The summed E-state index contributed by atoms with van der Waals surface area (Å²) in [4.78, 5) is 17.7. The Balaban J connectivity index is 1.44. The molecule has 4 aromatic rings. The molecule has 5 nitrogen and oxygen atoms in total. The Morgan fingerprint density at radius 2 is 1.85 bits per heavy atom. The molecule has 0 aliphatic heterocycles. The molecule has 33 heavy (non-hydrogen) atoms. The molecule has 0 atom stereocenters. The van der Waals surface area contributed by atoms with Crippen molar-refractivity contribution in [2.45, 2.75) is 11.8 Å². The summed E-state index contributed by atoms with van der Waals surface area (Å²) in [5, 5.41) is 7.48. The fourth-order valence-corrected chi connectivity index (χ4v) is 4.64. The lowest BCUT2D eigenvalue weighted by molar-refractivity contribution is -0.117. The van der Waals surface area contributed by atoms with Crippen molar-refractivity contribution >= 4 is 86.6 Å². The maximum absolute atomic E-state index is 12.3. The topological polar surface area (TPSA) is 67.2 Å². The van der Waals surface area contributed by atoms with Crippen LogP contribution in [0, 0.1) is 6.92 Å². The molecule has 0 spiro atoms.